The lowest BCUT2D eigenvalue weighted by molar-refractivity contribution is 0.404. The number of rotatable bonds is 4. The van der Waals surface area contributed by atoms with Gasteiger partial charge in [-0.2, -0.15) is 11.8 Å². The maximum absolute atomic E-state index is 6.14. The Kier molecular flexibility index (Phi) is 4.50. The predicted molar refractivity (Wildman–Crippen MR) is 71.2 cm³/mol. The quantitative estimate of drug-likeness (QED) is 0.897. The van der Waals surface area contributed by atoms with Crippen LogP contribution in [0, 0.1) is 5.92 Å². The highest BCUT2D eigenvalue weighted by atomic mass is 35.5. The van der Waals surface area contributed by atoms with Crippen molar-refractivity contribution in [2.45, 2.75) is 18.9 Å². The van der Waals surface area contributed by atoms with Gasteiger partial charge in [0.15, 0.2) is 0 Å². The lowest BCUT2D eigenvalue weighted by Crippen LogP contribution is -2.35. The summed E-state index contributed by atoms with van der Waals surface area (Å²) in [7, 11) is 2.04. The van der Waals surface area contributed by atoms with Crippen LogP contribution in [-0.4, -0.2) is 29.6 Å². The molecule has 88 valence electrons. The Hall–Kier alpha value is -0.250. The van der Waals surface area contributed by atoms with Gasteiger partial charge in [0.2, 0.25) is 0 Å². The topological polar surface area (TPSA) is 24.9 Å². The van der Waals surface area contributed by atoms with E-state index in [0.29, 0.717) is 6.04 Å². The minimum Gasteiger partial charge on any atom is -0.316 e. The molecule has 1 N–H and O–H groups in total. The second-order valence-electron chi connectivity index (χ2n) is 4.19. The van der Waals surface area contributed by atoms with Gasteiger partial charge in [0.05, 0.1) is 5.02 Å². The van der Waals surface area contributed by atoms with Gasteiger partial charge >= 0.3 is 0 Å². The molecule has 0 radical (unpaired) electrons. The standard InChI is InChI=1S/C12H17ClN2S/c1-14-12(10-3-5-16-8-10)6-9-2-4-15-7-11(9)13/h2,4,7,10,12,14H,3,5-6,8H2,1H3. The Labute approximate surface area is 106 Å². The van der Waals surface area contributed by atoms with E-state index in [2.05, 4.69) is 22.1 Å². The molecule has 2 heterocycles. The number of aromatic nitrogens is 1. The normalized spacial score (nSPS) is 22.2. The van der Waals surface area contributed by atoms with Crippen molar-refractivity contribution in [3.05, 3.63) is 29.0 Å². The van der Waals surface area contributed by atoms with Crippen LogP contribution < -0.4 is 5.32 Å². The van der Waals surface area contributed by atoms with Gasteiger partial charge in [-0.3, -0.25) is 4.98 Å². The van der Waals surface area contributed by atoms with Crippen molar-refractivity contribution in [2.24, 2.45) is 5.92 Å². The molecule has 0 aliphatic carbocycles. The van der Waals surface area contributed by atoms with Gasteiger partial charge in [-0.15, -0.1) is 0 Å². The van der Waals surface area contributed by atoms with Crippen molar-refractivity contribution < 1.29 is 0 Å². The minimum absolute atomic E-state index is 0.537. The predicted octanol–water partition coefficient (Wildman–Crippen LogP) is 2.62. The van der Waals surface area contributed by atoms with Gasteiger partial charge in [-0.1, -0.05) is 11.6 Å². The summed E-state index contributed by atoms with van der Waals surface area (Å²) in [6.07, 6.45) is 5.87. The fourth-order valence-electron chi connectivity index (χ4n) is 2.18. The van der Waals surface area contributed by atoms with E-state index in [1.165, 1.54) is 23.5 Å². The summed E-state index contributed by atoms with van der Waals surface area (Å²) in [5.74, 6) is 3.35. The van der Waals surface area contributed by atoms with Gasteiger partial charge < -0.3 is 5.32 Å². The van der Waals surface area contributed by atoms with Crippen LogP contribution in [0.3, 0.4) is 0 Å². The van der Waals surface area contributed by atoms with Crippen molar-refractivity contribution in [1.82, 2.24) is 10.3 Å². The minimum atomic E-state index is 0.537. The average Bonchev–Trinajstić information content (AvgIpc) is 2.81. The lowest BCUT2D eigenvalue weighted by atomic mass is 9.93. The molecule has 1 aromatic rings. The van der Waals surface area contributed by atoms with Crippen molar-refractivity contribution >= 4 is 23.4 Å². The van der Waals surface area contributed by atoms with E-state index < -0.39 is 0 Å². The van der Waals surface area contributed by atoms with Gasteiger partial charge in [0.1, 0.15) is 0 Å². The third-order valence-corrected chi connectivity index (χ3v) is 4.73. The highest BCUT2D eigenvalue weighted by molar-refractivity contribution is 7.99. The highest BCUT2D eigenvalue weighted by Crippen LogP contribution is 2.28. The summed E-state index contributed by atoms with van der Waals surface area (Å²) in [6, 6.07) is 2.56. The molecule has 0 spiro atoms. The lowest BCUT2D eigenvalue weighted by Gasteiger charge is -2.22. The molecule has 0 bridgehead atoms. The van der Waals surface area contributed by atoms with Crippen LogP contribution >= 0.6 is 23.4 Å². The largest absolute Gasteiger partial charge is 0.316 e. The Morgan fingerprint density at radius 1 is 1.69 bits per heavy atom. The third kappa shape index (κ3) is 2.90. The number of hydrogen-bond donors (Lipinski definition) is 1. The van der Waals surface area contributed by atoms with Gasteiger partial charge in [-0.25, -0.2) is 0 Å². The monoisotopic (exact) mass is 256 g/mol. The Morgan fingerprint density at radius 2 is 2.56 bits per heavy atom. The molecule has 0 saturated carbocycles. The molecule has 1 aliphatic rings. The number of nitrogens with one attached hydrogen (secondary N) is 1. The number of halogens is 1. The van der Waals surface area contributed by atoms with E-state index >= 15 is 0 Å². The second kappa shape index (κ2) is 5.89. The summed E-state index contributed by atoms with van der Waals surface area (Å²) in [4.78, 5) is 4.02. The molecule has 1 aliphatic heterocycles. The molecule has 2 atom stereocenters. The summed E-state index contributed by atoms with van der Waals surface area (Å²) in [5, 5.41) is 4.21. The first-order valence-electron chi connectivity index (χ1n) is 5.64. The van der Waals surface area contributed by atoms with Crippen molar-refractivity contribution in [2.75, 3.05) is 18.6 Å². The molecular formula is C12H17ClN2S. The van der Waals surface area contributed by atoms with Crippen LogP contribution in [0.2, 0.25) is 5.02 Å². The first-order chi connectivity index (χ1) is 7.81. The van der Waals surface area contributed by atoms with Crippen LogP contribution in [0.25, 0.3) is 0 Å². The molecule has 2 unspecified atom stereocenters. The summed E-state index contributed by atoms with van der Waals surface area (Å²) in [5.41, 5.74) is 1.20. The third-order valence-electron chi connectivity index (χ3n) is 3.20. The molecule has 2 nitrogen and oxygen atoms in total. The molecule has 2 rings (SSSR count). The number of pyridine rings is 1. The second-order valence-corrected chi connectivity index (χ2v) is 5.75. The first-order valence-corrected chi connectivity index (χ1v) is 7.18. The molecule has 1 fully saturated rings. The smallest absolute Gasteiger partial charge is 0.0621 e. The fourth-order valence-corrected chi connectivity index (χ4v) is 3.72. The molecule has 1 aromatic heterocycles. The number of nitrogens with zero attached hydrogens (tertiary/aromatic N) is 1. The Bertz CT molecular complexity index is 340. The summed E-state index contributed by atoms with van der Waals surface area (Å²) < 4.78 is 0. The van der Waals surface area contributed by atoms with E-state index in [4.69, 9.17) is 11.6 Å². The zero-order valence-electron chi connectivity index (χ0n) is 9.45. The maximum atomic E-state index is 6.14. The molecule has 16 heavy (non-hydrogen) atoms. The summed E-state index contributed by atoms with van der Waals surface area (Å²) in [6.45, 7) is 0. The molecule has 1 saturated heterocycles. The zero-order chi connectivity index (χ0) is 11.4. The number of thioether (sulfide) groups is 1. The fraction of sp³-hybridized carbons (Fsp3) is 0.583. The van der Waals surface area contributed by atoms with Crippen molar-refractivity contribution in [1.29, 1.82) is 0 Å². The van der Waals surface area contributed by atoms with Gasteiger partial charge in [-0.05, 0) is 48.9 Å². The van der Waals surface area contributed by atoms with E-state index in [1.54, 1.807) is 6.20 Å². The van der Waals surface area contributed by atoms with Crippen LogP contribution in [0.4, 0.5) is 0 Å². The van der Waals surface area contributed by atoms with E-state index in [1.807, 2.05) is 19.3 Å². The Balaban J connectivity index is 2.03. The Morgan fingerprint density at radius 3 is 3.19 bits per heavy atom. The van der Waals surface area contributed by atoms with Crippen LogP contribution in [0.15, 0.2) is 18.5 Å². The van der Waals surface area contributed by atoms with Crippen LogP contribution in [0.5, 0.6) is 0 Å². The highest BCUT2D eigenvalue weighted by Gasteiger charge is 2.24. The first kappa shape index (κ1) is 12.2. The SMILES string of the molecule is CNC(Cc1ccncc1Cl)C1CCSC1. The van der Waals surface area contributed by atoms with Crippen LogP contribution in [-0.2, 0) is 6.42 Å². The number of hydrogen-bond acceptors (Lipinski definition) is 3. The maximum Gasteiger partial charge on any atom is 0.0621 e. The van der Waals surface area contributed by atoms with E-state index in [9.17, 15) is 0 Å². The summed E-state index contributed by atoms with van der Waals surface area (Å²) >= 11 is 8.19. The zero-order valence-corrected chi connectivity index (χ0v) is 11.0. The van der Waals surface area contributed by atoms with Gasteiger partial charge in [0.25, 0.3) is 0 Å². The molecular weight excluding hydrogens is 240 g/mol. The van der Waals surface area contributed by atoms with E-state index in [-0.39, 0.29) is 0 Å². The van der Waals surface area contributed by atoms with Gasteiger partial charge in [0, 0.05) is 18.4 Å². The molecule has 0 aromatic carbocycles. The van der Waals surface area contributed by atoms with Crippen LogP contribution in [0.1, 0.15) is 12.0 Å². The molecule has 4 heteroatoms. The van der Waals surface area contributed by atoms with Crippen molar-refractivity contribution in [3.8, 4) is 0 Å². The van der Waals surface area contributed by atoms with Crippen molar-refractivity contribution in [3.63, 3.8) is 0 Å². The average molecular weight is 257 g/mol. The number of likely N-dealkylation sites (N-methyl/N-ethyl adjacent to an activating group) is 1. The molecule has 0 amide bonds. The van der Waals surface area contributed by atoms with E-state index in [0.717, 1.165) is 17.4 Å².